The molecule has 0 bridgehead atoms. The van der Waals surface area contributed by atoms with Crippen molar-refractivity contribution in [2.24, 2.45) is 0 Å². The molecule has 0 spiro atoms. The van der Waals surface area contributed by atoms with Crippen molar-refractivity contribution in [1.82, 2.24) is 5.32 Å². The summed E-state index contributed by atoms with van der Waals surface area (Å²) in [7, 11) is 0. The van der Waals surface area contributed by atoms with Gasteiger partial charge in [-0.1, -0.05) is 48.0 Å². The predicted molar refractivity (Wildman–Crippen MR) is 93.1 cm³/mol. The first-order valence-electron chi connectivity index (χ1n) is 7.38. The first-order valence-corrected chi connectivity index (χ1v) is 8.91. The van der Waals surface area contributed by atoms with Gasteiger partial charge < -0.3 is 5.32 Å². The smallest absolute Gasteiger partial charge is 0.0417 e. The summed E-state index contributed by atoms with van der Waals surface area (Å²) in [5, 5.41) is 4.59. The van der Waals surface area contributed by atoms with Gasteiger partial charge in [0.25, 0.3) is 0 Å². The number of nitrogens with one attached hydrogen (secondary N) is 1. The van der Waals surface area contributed by atoms with Gasteiger partial charge in [-0.25, -0.2) is 0 Å². The molecule has 1 nitrogen and oxygen atoms in total. The van der Waals surface area contributed by atoms with E-state index in [0.717, 1.165) is 22.9 Å². The lowest BCUT2D eigenvalue weighted by molar-refractivity contribution is 0.478. The number of fused-ring (bicyclic) bond motifs is 1. The highest BCUT2D eigenvalue weighted by Gasteiger charge is 2.21. The Morgan fingerprint density at radius 1 is 1.19 bits per heavy atom. The SMILES string of the molecule is CC(Cc1ccc(Cl)cc1)NC1CSCc2ccccc21. The van der Waals surface area contributed by atoms with Gasteiger partial charge in [-0.3, -0.25) is 0 Å². The van der Waals surface area contributed by atoms with Gasteiger partial charge in [0, 0.05) is 28.6 Å². The molecule has 2 atom stereocenters. The van der Waals surface area contributed by atoms with Crippen molar-refractivity contribution in [2.75, 3.05) is 5.75 Å². The highest BCUT2D eigenvalue weighted by molar-refractivity contribution is 7.98. The van der Waals surface area contributed by atoms with Crippen molar-refractivity contribution in [2.45, 2.75) is 31.2 Å². The van der Waals surface area contributed by atoms with Crippen molar-refractivity contribution in [3.05, 3.63) is 70.2 Å². The zero-order valence-electron chi connectivity index (χ0n) is 12.2. The molecule has 21 heavy (non-hydrogen) atoms. The zero-order chi connectivity index (χ0) is 14.7. The van der Waals surface area contributed by atoms with E-state index in [1.807, 2.05) is 23.9 Å². The summed E-state index contributed by atoms with van der Waals surface area (Å²) in [6, 6.07) is 17.9. The topological polar surface area (TPSA) is 12.0 Å². The van der Waals surface area contributed by atoms with E-state index in [2.05, 4.69) is 48.6 Å². The van der Waals surface area contributed by atoms with Crippen LogP contribution in [-0.2, 0) is 12.2 Å². The van der Waals surface area contributed by atoms with Crippen LogP contribution in [0.25, 0.3) is 0 Å². The molecule has 0 saturated heterocycles. The Morgan fingerprint density at radius 2 is 1.95 bits per heavy atom. The van der Waals surface area contributed by atoms with Crippen molar-refractivity contribution in [1.29, 1.82) is 0 Å². The van der Waals surface area contributed by atoms with Crippen LogP contribution in [0.15, 0.2) is 48.5 Å². The molecule has 2 aromatic carbocycles. The number of rotatable bonds is 4. The van der Waals surface area contributed by atoms with Gasteiger partial charge >= 0.3 is 0 Å². The summed E-state index contributed by atoms with van der Waals surface area (Å²) in [5.74, 6) is 2.29. The Kier molecular flexibility index (Phi) is 4.89. The molecule has 1 aliphatic heterocycles. The molecule has 2 unspecified atom stereocenters. The molecule has 0 aliphatic carbocycles. The molecule has 0 radical (unpaired) electrons. The zero-order valence-corrected chi connectivity index (χ0v) is 13.8. The van der Waals surface area contributed by atoms with Gasteiger partial charge in [0.15, 0.2) is 0 Å². The molecule has 0 saturated carbocycles. The van der Waals surface area contributed by atoms with Crippen molar-refractivity contribution >= 4 is 23.4 Å². The van der Waals surface area contributed by atoms with Crippen LogP contribution in [0.2, 0.25) is 5.02 Å². The number of halogens is 1. The number of hydrogen-bond donors (Lipinski definition) is 1. The molecule has 0 aromatic heterocycles. The third-order valence-corrected chi connectivity index (χ3v) is 5.25. The number of hydrogen-bond acceptors (Lipinski definition) is 2. The molecule has 3 rings (SSSR count). The lowest BCUT2D eigenvalue weighted by Gasteiger charge is -2.29. The van der Waals surface area contributed by atoms with E-state index in [1.54, 1.807) is 0 Å². The summed E-state index contributed by atoms with van der Waals surface area (Å²) >= 11 is 7.96. The third-order valence-electron chi connectivity index (χ3n) is 3.91. The van der Waals surface area contributed by atoms with E-state index < -0.39 is 0 Å². The van der Waals surface area contributed by atoms with E-state index in [-0.39, 0.29) is 0 Å². The van der Waals surface area contributed by atoms with E-state index >= 15 is 0 Å². The fourth-order valence-electron chi connectivity index (χ4n) is 2.90. The van der Waals surface area contributed by atoms with Crippen molar-refractivity contribution in [3.8, 4) is 0 Å². The average Bonchev–Trinajstić information content (AvgIpc) is 2.50. The van der Waals surface area contributed by atoms with Gasteiger partial charge in [0.1, 0.15) is 0 Å². The maximum absolute atomic E-state index is 5.94. The maximum Gasteiger partial charge on any atom is 0.0417 e. The van der Waals surface area contributed by atoms with Crippen LogP contribution in [0.5, 0.6) is 0 Å². The minimum atomic E-state index is 0.447. The second-order valence-electron chi connectivity index (χ2n) is 5.66. The molecule has 1 heterocycles. The quantitative estimate of drug-likeness (QED) is 0.865. The molecule has 1 N–H and O–H groups in total. The lowest BCUT2D eigenvalue weighted by atomic mass is 10.00. The minimum Gasteiger partial charge on any atom is -0.306 e. The third kappa shape index (κ3) is 3.82. The first kappa shape index (κ1) is 15.0. The van der Waals surface area contributed by atoms with Gasteiger partial charge in [-0.05, 0) is 42.2 Å². The van der Waals surface area contributed by atoms with Crippen molar-refractivity contribution in [3.63, 3.8) is 0 Å². The highest BCUT2D eigenvalue weighted by atomic mass is 35.5. The molecule has 2 aromatic rings. The van der Waals surface area contributed by atoms with Gasteiger partial charge in [-0.2, -0.15) is 11.8 Å². The van der Waals surface area contributed by atoms with E-state index in [0.29, 0.717) is 12.1 Å². The van der Waals surface area contributed by atoms with E-state index in [9.17, 15) is 0 Å². The van der Waals surface area contributed by atoms with Crippen LogP contribution in [0.3, 0.4) is 0 Å². The Hall–Kier alpha value is -0.960. The Labute approximate surface area is 136 Å². The Morgan fingerprint density at radius 3 is 2.76 bits per heavy atom. The number of benzene rings is 2. The molecule has 110 valence electrons. The van der Waals surface area contributed by atoms with Crippen molar-refractivity contribution < 1.29 is 0 Å². The molecule has 3 heteroatoms. The summed E-state index contributed by atoms with van der Waals surface area (Å²) in [6.07, 6.45) is 1.03. The van der Waals surface area contributed by atoms with E-state index in [4.69, 9.17) is 11.6 Å². The Bertz CT molecular complexity index is 596. The minimum absolute atomic E-state index is 0.447. The fraction of sp³-hybridized carbons (Fsp3) is 0.333. The van der Waals surface area contributed by atoms with Crippen LogP contribution in [0, 0.1) is 0 Å². The number of thioether (sulfide) groups is 1. The second kappa shape index (κ2) is 6.87. The van der Waals surface area contributed by atoms with Gasteiger partial charge in [0.05, 0.1) is 0 Å². The van der Waals surface area contributed by atoms with Gasteiger partial charge in [0.2, 0.25) is 0 Å². The van der Waals surface area contributed by atoms with E-state index in [1.165, 1.54) is 16.7 Å². The normalized spacial score (nSPS) is 19.0. The molecular weight excluding hydrogens is 298 g/mol. The molecule has 1 aliphatic rings. The predicted octanol–water partition coefficient (Wildman–Crippen LogP) is 4.85. The first-order chi connectivity index (χ1) is 10.2. The summed E-state index contributed by atoms with van der Waals surface area (Å²) < 4.78 is 0. The monoisotopic (exact) mass is 317 g/mol. The molecule has 0 amide bonds. The van der Waals surface area contributed by atoms with Crippen LogP contribution in [-0.4, -0.2) is 11.8 Å². The van der Waals surface area contributed by atoms with Crippen LogP contribution < -0.4 is 5.32 Å². The van der Waals surface area contributed by atoms with Crippen LogP contribution in [0.1, 0.15) is 29.7 Å². The summed E-state index contributed by atoms with van der Waals surface area (Å²) in [4.78, 5) is 0. The Balaban J connectivity index is 1.65. The standard InChI is InChI=1S/C18H20ClNS/c1-13(10-14-6-8-16(19)9-7-14)20-18-12-21-11-15-4-2-3-5-17(15)18/h2-9,13,18,20H,10-12H2,1H3. The summed E-state index contributed by atoms with van der Waals surface area (Å²) in [5.41, 5.74) is 4.28. The second-order valence-corrected chi connectivity index (χ2v) is 7.13. The largest absolute Gasteiger partial charge is 0.306 e. The summed E-state index contributed by atoms with van der Waals surface area (Å²) in [6.45, 7) is 2.26. The lowest BCUT2D eigenvalue weighted by Crippen LogP contribution is -2.35. The van der Waals surface area contributed by atoms with Crippen LogP contribution >= 0.6 is 23.4 Å². The fourth-order valence-corrected chi connectivity index (χ4v) is 4.13. The van der Waals surface area contributed by atoms with Crippen LogP contribution in [0.4, 0.5) is 0 Å². The maximum atomic E-state index is 5.94. The average molecular weight is 318 g/mol. The van der Waals surface area contributed by atoms with Gasteiger partial charge in [-0.15, -0.1) is 0 Å². The molecular formula is C18H20ClNS. The molecule has 0 fully saturated rings. The highest BCUT2D eigenvalue weighted by Crippen LogP contribution is 2.31.